The maximum atomic E-state index is 11.2. The van der Waals surface area contributed by atoms with E-state index in [2.05, 4.69) is 0 Å². The van der Waals surface area contributed by atoms with Gasteiger partial charge in [0.05, 0.1) is 0 Å². The number of carbonyl (C=O) groups is 2. The Morgan fingerprint density at radius 2 is 2.23 bits per heavy atom. The molecule has 0 N–H and O–H groups in total. The van der Waals surface area contributed by atoms with E-state index in [-0.39, 0.29) is 0 Å². The molecular weight excluding hydrogens is 176 g/mol. The van der Waals surface area contributed by atoms with Crippen molar-refractivity contribution in [3.05, 3.63) is 0 Å². The van der Waals surface area contributed by atoms with Crippen LogP contribution in [0.15, 0.2) is 0 Å². The Bertz CT molecular complexity index is 223. The molecule has 1 saturated heterocycles. The highest BCUT2D eigenvalue weighted by atomic mass is 16.8. The average Bonchev–Trinajstić information content (AvgIpc) is 2.28. The van der Waals surface area contributed by atoms with Crippen molar-refractivity contribution in [3.63, 3.8) is 0 Å². The highest BCUT2D eigenvalue weighted by Gasteiger charge is 2.45. The predicted molar refractivity (Wildman–Crippen MR) is 41.9 cm³/mol. The van der Waals surface area contributed by atoms with Crippen LogP contribution in [-0.4, -0.2) is 37.4 Å². The molecule has 2 atom stereocenters. The maximum absolute atomic E-state index is 11.2. The number of methoxy groups -OCH3 is 1. The van der Waals surface area contributed by atoms with E-state index in [0.29, 0.717) is 6.29 Å². The number of aldehydes is 1. The Balaban J connectivity index is 2.72. The van der Waals surface area contributed by atoms with Crippen LogP contribution in [0.3, 0.4) is 0 Å². The fourth-order valence-corrected chi connectivity index (χ4v) is 1.13. The third kappa shape index (κ3) is 2.05. The van der Waals surface area contributed by atoms with Crippen LogP contribution in [0, 0.1) is 0 Å². The zero-order valence-corrected chi connectivity index (χ0v) is 7.77. The van der Waals surface area contributed by atoms with Gasteiger partial charge in [-0.2, -0.15) is 0 Å². The van der Waals surface area contributed by atoms with E-state index in [9.17, 15) is 9.59 Å². The van der Waals surface area contributed by atoms with Crippen molar-refractivity contribution in [2.45, 2.75) is 31.8 Å². The Morgan fingerprint density at radius 1 is 1.62 bits per heavy atom. The summed E-state index contributed by atoms with van der Waals surface area (Å²) < 4.78 is 14.8. The van der Waals surface area contributed by atoms with Gasteiger partial charge >= 0.3 is 5.97 Å². The molecule has 0 saturated carbocycles. The van der Waals surface area contributed by atoms with Crippen LogP contribution < -0.4 is 0 Å². The van der Waals surface area contributed by atoms with Crippen LogP contribution in [0.25, 0.3) is 0 Å². The Morgan fingerprint density at radius 3 is 2.54 bits per heavy atom. The Labute approximate surface area is 76.0 Å². The monoisotopic (exact) mass is 188 g/mol. The topological polar surface area (TPSA) is 61.8 Å². The van der Waals surface area contributed by atoms with Gasteiger partial charge in [0.2, 0.25) is 5.79 Å². The lowest BCUT2D eigenvalue weighted by Gasteiger charge is -2.16. The number of hydrogen-bond acceptors (Lipinski definition) is 5. The lowest BCUT2D eigenvalue weighted by Crippen LogP contribution is -2.35. The minimum atomic E-state index is -0.971. The van der Waals surface area contributed by atoms with Gasteiger partial charge < -0.3 is 19.0 Å². The van der Waals surface area contributed by atoms with Crippen molar-refractivity contribution in [2.24, 2.45) is 0 Å². The van der Waals surface area contributed by atoms with E-state index < -0.39 is 24.0 Å². The zero-order valence-electron chi connectivity index (χ0n) is 7.77. The van der Waals surface area contributed by atoms with Crippen LogP contribution in [0.2, 0.25) is 0 Å². The summed E-state index contributed by atoms with van der Waals surface area (Å²) in [6, 6.07) is 0. The quantitative estimate of drug-likeness (QED) is 0.456. The molecule has 74 valence electrons. The highest BCUT2D eigenvalue weighted by molar-refractivity contribution is 5.81. The van der Waals surface area contributed by atoms with Crippen LogP contribution in [0.5, 0.6) is 0 Å². The van der Waals surface area contributed by atoms with Gasteiger partial charge in [0.1, 0.15) is 6.10 Å². The predicted octanol–water partition coefficient (Wildman–Crippen LogP) is -0.122. The lowest BCUT2D eigenvalue weighted by molar-refractivity contribution is -0.163. The van der Waals surface area contributed by atoms with Crippen molar-refractivity contribution < 1.29 is 23.8 Å². The molecule has 1 aliphatic rings. The number of cyclic esters (lactones) is 1. The summed E-state index contributed by atoms with van der Waals surface area (Å²) in [6.07, 6.45) is -1.32. The molecule has 0 aromatic heterocycles. The lowest BCUT2D eigenvalue weighted by atomic mass is 10.2. The second-order valence-corrected chi connectivity index (χ2v) is 3.20. The molecule has 0 aromatic carbocycles. The number of esters is 1. The molecule has 0 bridgehead atoms. The van der Waals surface area contributed by atoms with Crippen molar-refractivity contribution in [1.29, 1.82) is 0 Å². The van der Waals surface area contributed by atoms with Crippen LogP contribution in [-0.2, 0) is 23.8 Å². The van der Waals surface area contributed by atoms with Gasteiger partial charge in [0.15, 0.2) is 12.4 Å². The Hall–Kier alpha value is -0.940. The molecule has 0 aliphatic carbocycles. The third-order valence-corrected chi connectivity index (χ3v) is 1.69. The first-order chi connectivity index (χ1) is 6.00. The summed E-state index contributed by atoms with van der Waals surface area (Å²) >= 11 is 0. The van der Waals surface area contributed by atoms with Gasteiger partial charge in [-0.15, -0.1) is 0 Å². The fourth-order valence-electron chi connectivity index (χ4n) is 1.13. The number of hydrogen-bond donors (Lipinski definition) is 0. The summed E-state index contributed by atoms with van der Waals surface area (Å²) in [4.78, 5) is 21.6. The van der Waals surface area contributed by atoms with Gasteiger partial charge in [-0.05, 0) is 0 Å². The molecule has 0 unspecified atom stereocenters. The van der Waals surface area contributed by atoms with Gasteiger partial charge in [0, 0.05) is 21.0 Å². The van der Waals surface area contributed by atoms with Crippen LogP contribution >= 0.6 is 0 Å². The standard InChI is InChI=1S/C8H12O5/c1-8(2)12-6(7(10)13-8)5(4-9)11-3/h4-6H,1-3H3/t5-,6+/m0/s1. The van der Waals surface area contributed by atoms with Crippen LogP contribution in [0.4, 0.5) is 0 Å². The maximum Gasteiger partial charge on any atom is 0.341 e. The fraction of sp³-hybridized carbons (Fsp3) is 0.750. The molecule has 1 aliphatic heterocycles. The van der Waals surface area contributed by atoms with E-state index in [1.165, 1.54) is 7.11 Å². The SMILES string of the molecule is CO[C@@H](C=O)[C@H]1OC(C)(C)OC1=O. The molecule has 0 aromatic rings. The van der Waals surface area contributed by atoms with E-state index in [1.54, 1.807) is 13.8 Å². The second kappa shape index (κ2) is 3.43. The molecule has 0 amide bonds. The molecule has 0 radical (unpaired) electrons. The highest BCUT2D eigenvalue weighted by Crippen LogP contribution is 2.25. The average molecular weight is 188 g/mol. The minimum Gasteiger partial charge on any atom is -0.432 e. The number of carbonyl (C=O) groups excluding carboxylic acids is 2. The summed E-state index contributed by atoms with van der Waals surface area (Å²) in [5.74, 6) is -1.54. The summed E-state index contributed by atoms with van der Waals surface area (Å²) in [5.41, 5.74) is 0. The first-order valence-corrected chi connectivity index (χ1v) is 3.89. The number of ether oxygens (including phenoxy) is 3. The van der Waals surface area contributed by atoms with E-state index in [4.69, 9.17) is 14.2 Å². The second-order valence-electron chi connectivity index (χ2n) is 3.20. The molecule has 0 spiro atoms. The summed E-state index contributed by atoms with van der Waals surface area (Å²) in [5, 5.41) is 0. The largest absolute Gasteiger partial charge is 0.432 e. The van der Waals surface area contributed by atoms with Crippen molar-refractivity contribution in [1.82, 2.24) is 0 Å². The van der Waals surface area contributed by atoms with Crippen molar-refractivity contribution in [3.8, 4) is 0 Å². The molecular formula is C8H12O5. The first-order valence-electron chi connectivity index (χ1n) is 3.89. The van der Waals surface area contributed by atoms with Gasteiger partial charge in [-0.1, -0.05) is 0 Å². The van der Waals surface area contributed by atoms with Crippen molar-refractivity contribution in [2.75, 3.05) is 7.11 Å². The zero-order chi connectivity index (χ0) is 10.1. The van der Waals surface area contributed by atoms with Crippen LogP contribution in [0.1, 0.15) is 13.8 Å². The normalized spacial score (nSPS) is 28.2. The molecule has 1 rings (SSSR count). The smallest absolute Gasteiger partial charge is 0.341 e. The summed E-state index contributed by atoms with van der Waals surface area (Å²) in [7, 11) is 1.33. The molecule has 5 nitrogen and oxygen atoms in total. The van der Waals surface area contributed by atoms with Gasteiger partial charge in [-0.25, -0.2) is 4.79 Å². The molecule has 1 heterocycles. The molecule has 5 heteroatoms. The summed E-state index contributed by atoms with van der Waals surface area (Å²) in [6.45, 7) is 3.20. The Kier molecular flexibility index (Phi) is 2.68. The first kappa shape index (κ1) is 10.1. The van der Waals surface area contributed by atoms with E-state index >= 15 is 0 Å². The van der Waals surface area contributed by atoms with Gasteiger partial charge in [-0.3, -0.25) is 0 Å². The van der Waals surface area contributed by atoms with E-state index in [1.807, 2.05) is 0 Å². The molecule has 1 fully saturated rings. The molecule has 13 heavy (non-hydrogen) atoms. The minimum absolute atomic E-state index is 0.521. The third-order valence-electron chi connectivity index (χ3n) is 1.69. The van der Waals surface area contributed by atoms with Gasteiger partial charge in [0.25, 0.3) is 0 Å². The van der Waals surface area contributed by atoms with Crippen molar-refractivity contribution >= 4 is 12.3 Å². The number of rotatable bonds is 3. The van der Waals surface area contributed by atoms with E-state index in [0.717, 1.165) is 0 Å².